The van der Waals surface area contributed by atoms with Crippen LogP contribution < -0.4 is 11.4 Å². The Morgan fingerprint density at radius 3 is 1.24 bits per heavy atom. The number of aryl methyl sites for hydroxylation is 2. The summed E-state index contributed by atoms with van der Waals surface area (Å²) in [5.74, 6) is -1.18. The lowest BCUT2D eigenvalue weighted by atomic mass is 10.7. The Balaban J connectivity index is 0.000000364. The molecule has 0 saturated heterocycles. The minimum atomic E-state index is -2.71. The fourth-order valence-electron chi connectivity index (χ4n) is 1.04. The van der Waals surface area contributed by atoms with Crippen molar-refractivity contribution in [1.29, 1.82) is 0 Å². The van der Waals surface area contributed by atoms with Crippen molar-refractivity contribution in [3.8, 4) is 0 Å². The number of H-pyrrole nitrogens is 2. The molecule has 0 saturated carbocycles. The van der Waals surface area contributed by atoms with Crippen LogP contribution >= 0.6 is 0 Å². The van der Waals surface area contributed by atoms with E-state index in [4.69, 9.17) is 0 Å². The lowest BCUT2D eigenvalue weighted by Gasteiger charge is -1.86. The number of rotatable bonds is 2. The van der Waals surface area contributed by atoms with E-state index < -0.39 is 35.9 Å². The van der Waals surface area contributed by atoms with Gasteiger partial charge in [0.25, 0.3) is 12.9 Å². The Morgan fingerprint density at radius 1 is 0.857 bits per heavy atom. The van der Waals surface area contributed by atoms with Crippen molar-refractivity contribution < 1.29 is 17.6 Å². The monoisotopic (exact) mass is 314 g/mol. The van der Waals surface area contributed by atoms with Gasteiger partial charge in [0.2, 0.25) is 0 Å². The van der Waals surface area contributed by atoms with E-state index in [1.54, 1.807) is 0 Å². The Labute approximate surface area is 115 Å². The molecule has 120 valence electrons. The standard InChI is InChI=1S/2C4H5F2N3O.CH4/c2*1-9-4(10)7-3(8-9)2(5)6;/h2*2H,1H3,(H,7,8,10);1H4. The third kappa shape index (κ3) is 4.89. The second-order valence-corrected chi connectivity index (χ2v) is 3.48. The Bertz CT molecular complexity index is 612. The molecule has 2 aromatic heterocycles. The van der Waals surface area contributed by atoms with Gasteiger partial charge in [0.1, 0.15) is 0 Å². The molecule has 0 aliphatic rings. The zero-order valence-corrected chi connectivity index (χ0v) is 10.3. The number of alkyl halides is 4. The molecule has 0 amide bonds. The van der Waals surface area contributed by atoms with Crippen molar-refractivity contribution in [3.63, 3.8) is 0 Å². The second-order valence-electron chi connectivity index (χ2n) is 3.48. The molecule has 2 aromatic rings. The molecule has 0 aliphatic heterocycles. The molecular formula is C9H14F4N6O2. The summed E-state index contributed by atoms with van der Waals surface area (Å²) in [6.07, 6.45) is -5.43. The summed E-state index contributed by atoms with van der Waals surface area (Å²) in [6, 6.07) is 0. The molecule has 0 fully saturated rings. The molecule has 0 atom stereocenters. The number of halogens is 4. The van der Waals surface area contributed by atoms with E-state index >= 15 is 0 Å². The van der Waals surface area contributed by atoms with Crippen molar-refractivity contribution in [2.45, 2.75) is 20.3 Å². The van der Waals surface area contributed by atoms with E-state index in [9.17, 15) is 27.2 Å². The van der Waals surface area contributed by atoms with Crippen LogP contribution in [0.1, 0.15) is 31.9 Å². The molecule has 12 heteroatoms. The highest BCUT2D eigenvalue weighted by molar-refractivity contribution is 4.82. The third-order valence-corrected chi connectivity index (χ3v) is 1.99. The maximum absolute atomic E-state index is 11.7. The highest BCUT2D eigenvalue weighted by atomic mass is 19.3. The van der Waals surface area contributed by atoms with Gasteiger partial charge in [-0.1, -0.05) is 7.43 Å². The summed E-state index contributed by atoms with van der Waals surface area (Å²) in [7, 11) is 2.59. The Hall–Kier alpha value is -2.40. The largest absolute Gasteiger partial charge is 0.343 e. The van der Waals surface area contributed by atoms with Crippen LogP contribution in [0.15, 0.2) is 9.59 Å². The van der Waals surface area contributed by atoms with Crippen LogP contribution in [0.4, 0.5) is 17.6 Å². The average Bonchev–Trinajstić information content (AvgIpc) is 2.85. The molecule has 0 radical (unpaired) electrons. The van der Waals surface area contributed by atoms with Crippen LogP contribution in [0.5, 0.6) is 0 Å². The fraction of sp³-hybridized carbons (Fsp3) is 0.556. The Kier molecular flexibility index (Phi) is 6.55. The molecule has 0 aromatic carbocycles. The molecule has 0 aliphatic carbocycles. The average molecular weight is 314 g/mol. The molecule has 0 spiro atoms. The number of nitrogens with one attached hydrogen (secondary N) is 2. The summed E-state index contributed by atoms with van der Waals surface area (Å²) in [5.41, 5.74) is -1.26. The van der Waals surface area contributed by atoms with Crippen molar-refractivity contribution in [2.75, 3.05) is 0 Å². The first-order valence-corrected chi connectivity index (χ1v) is 5.05. The van der Waals surface area contributed by atoms with E-state index in [0.717, 1.165) is 9.36 Å². The quantitative estimate of drug-likeness (QED) is 0.798. The maximum atomic E-state index is 11.7. The predicted molar refractivity (Wildman–Crippen MR) is 64.3 cm³/mol. The van der Waals surface area contributed by atoms with Crippen molar-refractivity contribution >= 4 is 0 Å². The first-order chi connectivity index (χ1) is 9.22. The van der Waals surface area contributed by atoms with Crippen LogP contribution in [-0.2, 0) is 14.1 Å². The lowest BCUT2D eigenvalue weighted by molar-refractivity contribution is 0.139. The topological polar surface area (TPSA) is 101 Å². The summed E-state index contributed by atoms with van der Waals surface area (Å²) < 4.78 is 48.5. The van der Waals surface area contributed by atoms with Crippen molar-refractivity contribution in [1.82, 2.24) is 29.5 Å². The summed E-state index contributed by atoms with van der Waals surface area (Å²) in [5, 5.41) is 6.42. The zero-order chi connectivity index (χ0) is 15.4. The smallest absolute Gasteiger partial charge is 0.288 e. The molecule has 2 rings (SSSR count). The minimum absolute atomic E-state index is 0. The van der Waals surface area contributed by atoms with Crippen molar-refractivity contribution in [2.24, 2.45) is 14.1 Å². The Morgan fingerprint density at radius 2 is 1.14 bits per heavy atom. The van der Waals surface area contributed by atoms with E-state index in [0.29, 0.717) is 0 Å². The predicted octanol–water partition coefficient (Wildman–Crippen LogP) is 0.728. The number of aromatic nitrogens is 6. The molecule has 21 heavy (non-hydrogen) atoms. The van der Waals surface area contributed by atoms with Gasteiger partial charge in [0.15, 0.2) is 11.6 Å². The van der Waals surface area contributed by atoms with Crippen LogP contribution in [0.3, 0.4) is 0 Å². The van der Waals surface area contributed by atoms with Gasteiger partial charge in [0, 0.05) is 14.1 Å². The second kappa shape index (κ2) is 7.40. The van der Waals surface area contributed by atoms with Crippen LogP contribution in [0.25, 0.3) is 0 Å². The molecule has 0 bridgehead atoms. The lowest BCUT2D eigenvalue weighted by Crippen LogP contribution is -2.13. The van der Waals surface area contributed by atoms with E-state index in [1.165, 1.54) is 14.1 Å². The first kappa shape index (κ1) is 18.6. The van der Waals surface area contributed by atoms with E-state index in [2.05, 4.69) is 10.2 Å². The summed E-state index contributed by atoms with van der Waals surface area (Å²) >= 11 is 0. The van der Waals surface area contributed by atoms with Gasteiger partial charge in [-0.15, -0.1) is 10.2 Å². The van der Waals surface area contributed by atoms with Crippen LogP contribution in [-0.4, -0.2) is 29.5 Å². The normalized spacial score (nSPS) is 10.3. The zero-order valence-electron chi connectivity index (χ0n) is 10.3. The number of aromatic amines is 2. The van der Waals surface area contributed by atoms with Crippen molar-refractivity contribution in [3.05, 3.63) is 32.6 Å². The highest BCUT2D eigenvalue weighted by Crippen LogP contribution is 2.11. The molecule has 2 heterocycles. The molecule has 8 nitrogen and oxygen atoms in total. The molecule has 0 unspecified atom stereocenters. The number of hydrogen-bond acceptors (Lipinski definition) is 4. The minimum Gasteiger partial charge on any atom is -0.288 e. The van der Waals surface area contributed by atoms with Crippen LogP contribution in [0, 0.1) is 0 Å². The van der Waals surface area contributed by atoms with Gasteiger partial charge in [-0.05, 0) is 0 Å². The summed E-state index contributed by atoms with van der Waals surface area (Å²) in [4.78, 5) is 24.7. The fourth-order valence-corrected chi connectivity index (χ4v) is 1.04. The maximum Gasteiger partial charge on any atom is 0.343 e. The highest BCUT2D eigenvalue weighted by Gasteiger charge is 2.12. The van der Waals surface area contributed by atoms with Crippen LogP contribution in [0.2, 0.25) is 0 Å². The van der Waals surface area contributed by atoms with Gasteiger partial charge in [-0.2, -0.15) is 0 Å². The first-order valence-electron chi connectivity index (χ1n) is 5.05. The number of hydrogen-bond donors (Lipinski definition) is 2. The van der Waals surface area contributed by atoms with Gasteiger partial charge in [0.05, 0.1) is 0 Å². The van der Waals surface area contributed by atoms with E-state index in [-0.39, 0.29) is 7.43 Å². The van der Waals surface area contributed by atoms with Gasteiger partial charge in [-0.3, -0.25) is 9.97 Å². The van der Waals surface area contributed by atoms with Gasteiger partial charge < -0.3 is 0 Å². The van der Waals surface area contributed by atoms with Gasteiger partial charge >= 0.3 is 11.4 Å². The van der Waals surface area contributed by atoms with Gasteiger partial charge in [-0.25, -0.2) is 36.5 Å². The molecular weight excluding hydrogens is 300 g/mol. The number of nitrogens with zero attached hydrogens (tertiary/aromatic N) is 4. The third-order valence-electron chi connectivity index (χ3n) is 1.99. The van der Waals surface area contributed by atoms with E-state index in [1.807, 2.05) is 9.97 Å². The summed E-state index contributed by atoms with van der Waals surface area (Å²) in [6.45, 7) is 0. The molecule has 2 N–H and O–H groups in total. The SMILES string of the molecule is C.Cn1nc(C(F)F)[nH]c1=O.Cn1nc(C(F)F)[nH]c1=O.